The SMILES string of the molecule is CCC(C(=O)Nc1ccc(N(C)C)cc1)N(Cc1ccc(OC)cc1)C(=O)CSc1nc(C)cc(C)n1. The average Bonchev–Trinajstić information content (AvgIpc) is 2.87. The second-order valence-corrected chi connectivity index (χ2v) is 9.89. The summed E-state index contributed by atoms with van der Waals surface area (Å²) < 4.78 is 5.26. The molecule has 0 spiro atoms. The van der Waals surface area contributed by atoms with Crippen molar-refractivity contribution in [3.8, 4) is 5.75 Å². The van der Waals surface area contributed by atoms with E-state index in [2.05, 4.69) is 15.3 Å². The first-order valence-corrected chi connectivity index (χ1v) is 13.1. The highest BCUT2D eigenvalue weighted by atomic mass is 32.2. The number of nitrogens with zero attached hydrogens (tertiary/aromatic N) is 4. The van der Waals surface area contributed by atoms with E-state index in [0.717, 1.165) is 28.4 Å². The van der Waals surface area contributed by atoms with Crippen LogP contribution in [0.3, 0.4) is 0 Å². The summed E-state index contributed by atoms with van der Waals surface area (Å²) in [6.45, 7) is 6.01. The average molecular weight is 522 g/mol. The lowest BCUT2D eigenvalue weighted by Crippen LogP contribution is -2.47. The van der Waals surface area contributed by atoms with E-state index >= 15 is 0 Å². The molecule has 0 bridgehead atoms. The molecular weight excluding hydrogens is 486 g/mol. The summed E-state index contributed by atoms with van der Waals surface area (Å²) in [6, 6.07) is 16.4. The van der Waals surface area contributed by atoms with Crippen LogP contribution in [-0.2, 0) is 16.1 Å². The molecule has 8 nitrogen and oxygen atoms in total. The van der Waals surface area contributed by atoms with Gasteiger partial charge in [-0.2, -0.15) is 0 Å². The Kier molecular flexibility index (Phi) is 9.91. The molecule has 37 heavy (non-hydrogen) atoms. The van der Waals surface area contributed by atoms with Gasteiger partial charge in [-0.1, -0.05) is 30.8 Å². The normalized spacial score (nSPS) is 11.5. The summed E-state index contributed by atoms with van der Waals surface area (Å²) in [6.07, 6.45) is 0.466. The molecule has 0 aliphatic rings. The summed E-state index contributed by atoms with van der Waals surface area (Å²) in [4.78, 5) is 39.4. The third-order valence-corrected chi connectivity index (χ3v) is 6.67. The van der Waals surface area contributed by atoms with Crippen molar-refractivity contribution in [2.75, 3.05) is 37.2 Å². The van der Waals surface area contributed by atoms with Gasteiger partial charge in [0.05, 0.1) is 12.9 Å². The molecule has 3 aromatic rings. The minimum atomic E-state index is -0.649. The summed E-state index contributed by atoms with van der Waals surface area (Å²) in [5, 5.41) is 3.53. The number of thioether (sulfide) groups is 1. The minimum Gasteiger partial charge on any atom is -0.497 e. The second-order valence-electron chi connectivity index (χ2n) is 8.95. The number of rotatable bonds is 11. The molecule has 9 heteroatoms. The van der Waals surface area contributed by atoms with Crippen LogP contribution in [0.5, 0.6) is 5.75 Å². The van der Waals surface area contributed by atoms with Gasteiger partial charge in [0, 0.05) is 43.4 Å². The van der Waals surface area contributed by atoms with Gasteiger partial charge in [0.2, 0.25) is 11.8 Å². The highest BCUT2D eigenvalue weighted by molar-refractivity contribution is 7.99. The fourth-order valence-electron chi connectivity index (χ4n) is 3.88. The lowest BCUT2D eigenvalue weighted by Gasteiger charge is -2.30. The number of ether oxygens (including phenoxy) is 1. The molecule has 1 N–H and O–H groups in total. The molecule has 0 radical (unpaired) electrons. The van der Waals surface area contributed by atoms with Crippen LogP contribution in [0, 0.1) is 13.8 Å². The first-order chi connectivity index (χ1) is 17.7. The van der Waals surface area contributed by atoms with Crippen LogP contribution >= 0.6 is 11.8 Å². The number of anilines is 2. The van der Waals surface area contributed by atoms with Gasteiger partial charge in [-0.05, 0) is 68.3 Å². The Balaban J connectivity index is 1.81. The number of carbonyl (C=O) groups excluding carboxylic acids is 2. The van der Waals surface area contributed by atoms with Gasteiger partial charge in [0.15, 0.2) is 5.16 Å². The molecule has 1 heterocycles. The van der Waals surface area contributed by atoms with Crippen molar-refractivity contribution in [3.05, 3.63) is 71.5 Å². The van der Waals surface area contributed by atoms with Crippen molar-refractivity contribution >= 4 is 35.0 Å². The van der Waals surface area contributed by atoms with E-state index in [1.54, 1.807) is 12.0 Å². The smallest absolute Gasteiger partial charge is 0.247 e. The van der Waals surface area contributed by atoms with Crippen molar-refractivity contribution in [3.63, 3.8) is 0 Å². The summed E-state index contributed by atoms with van der Waals surface area (Å²) in [7, 11) is 5.54. The quantitative estimate of drug-likeness (QED) is 0.289. The highest BCUT2D eigenvalue weighted by Gasteiger charge is 2.29. The van der Waals surface area contributed by atoms with E-state index in [1.807, 2.05) is 94.4 Å². The molecule has 0 aliphatic carbocycles. The van der Waals surface area contributed by atoms with Gasteiger partial charge in [0.1, 0.15) is 11.8 Å². The monoisotopic (exact) mass is 521 g/mol. The fraction of sp³-hybridized carbons (Fsp3) is 0.357. The minimum absolute atomic E-state index is 0.125. The van der Waals surface area contributed by atoms with E-state index in [9.17, 15) is 9.59 Å². The maximum absolute atomic E-state index is 13.5. The fourth-order valence-corrected chi connectivity index (χ4v) is 4.72. The Morgan fingerprint density at radius 3 is 2.16 bits per heavy atom. The third kappa shape index (κ3) is 7.95. The number of aryl methyl sites for hydroxylation is 2. The molecule has 3 rings (SSSR count). The van der Waals surface area contributed by atoms with Gasteiger partial charge < -0.3 is 19.9 Å². The second kappa shape index (κ2) is 13.1. The molecule has 1 aromatic heterocycles. The van der Waals surface area contributed by atoms with E-state index in [0.29, 0.717) is 23.8 Å². The molecule has 196 valence electrons. The maximum Gasteiger partial charge on any atom is 0.247 e. The zero-order valence-electron chi connectivity index (χ0n) is 22.3. The zero-order chi connectivity index (χ0) is 26.9. The number of hydrogen-bond donors (Lipinski definition) is 1. The number of methoxy groups -OCH3 is 1. The molecule has 0 aliphatic heterocycles. The number of carbonyl (C=O) groups is 2. The lowest BCUT2D eigenvalue weighted by molar-refractivity contribution is -0.137. The Labute approximate surface area is 223 Å². The van der Waals surface area contributed by atoms with Crippen molar-refractivity contribution in [2.45, 2.75) is 44.9 Å². The summed E-state index contributed by atoms with van der Waals surface area (Å²) in [5.74, 6) is 0.471. The van der Waals surface area contributed by atoms with Crippen LogP contribution in [0.2, 0.25) is 0 Å². The maximum atomic E-state index is 13.5. The van der Waals surface area contributed by atoms with E-state index < -0.39 is 6.04 Å². The van der Waals surface area contributed by atoms with Crippen molar-refractivity contribution in [1.29, 1.82) is 0 Å². The Bertz CT molecular complexity index is 1180. The van der Waals surface area contributed by atoms with Crippen molar-refractivity contribution in [2.24, 2.45) is 0 Å². The third-order valence-electron chi connectivity index (χ3n) is 5.84. The molecule has 1 unspecified atom stereocenters. The molecule has 0 fully saturated rings. The van der Waals surface area contributed by atoms with Gasteiger partial charge in [0.25, 0.3) is 0 Å². The Morgan fingerprint density at radius 1 is 1.00 bits per heavy atom. The van der Waals surface area contributed by atoms with Gasteiger partial charge in [-0.3, -0.25) is 9.59 Å². The van der Waals surface area contributed by atoms with Crippen LogP contribution in [0.25, 0.3) is 0 Å². The van der Waals surface area contributed by atoms with Gasteiger partial charge in [-0.15, -0.1) is 0 Å². The van der Waals surface area contributed by atoms with Crippen LogP contribution < -0.4 is 15.0 Å². The lowest BCUT2D eigenvalue weighted by atomic mass is 10.1. The molecule has 0 saturated carbocycles. The Hall–Kier alpha value is -3.59. The largest absolute Gasteiger partial charge is 0.497 e. The van der Waals surface area contributed by atoms with E-state index in [-0.39, 0.29) is 17.6 Å². The summed E-state index contributed by atoms with van der Waals surface area (Å²) >= 11 is 1.28. The Morgan fingerprint density at radius 2 is 1.62 bits per heavy atom. The molecule has 1 atom stereocenters. The van der Waals surface area contributed by atoms with Crippen LogP contribution in [0.1, 0.15) is 30.3 Å². The zero-order valence-corrected chi connectivity index (χ0v) is 23.1. The van der Waals surface area contributed by atoms with Crippen LogP contribution in [0.15, 0.2) is 59.8 Å². The molecule has 2 amide bonds. The molecule has 2 aromatic carbocycles. The van der Waals surface area contributed by atoms with Gasteiger partial charge >= 0.3 is 0 Å². The van der Waals surface area contributed by atoms with Crippen molar-refractivity contribution in [1.82, 2.24) is 14.9 Å². The predicted molar refractivity (Wildman–Crippen MR) is 149 cm³/mol. The van der Waals surface area contributed by atoms with Gasteiger partial charge in [-0.25, -0.2) is 9.97 Å². The predicted octanol–water partition coefficient (Wildman–Crippen LogP) is 4.71. The molecular formula is C28H35N5O3S. The van der Waals surface area contributed by atoms with E-state index in [4.69, 9.17) is 4.74 Å². The standard InChI is InChI=1S/C28H35N5O3S/c1-7-25(27(35)31-22-10-12-23(13-11-22)32(4)5)33(17-21-8-14-24(36-6)15-9-21)26(34)18-37-28-29-19(2)16-20(3)30-28/h8-16,25H,7,17-18H2,1-6H3,(H,31,35). The van der Waals surface area contributed by atoms with Crippen LogP contribution in [-0.4, -0.2) is 59.7 Å². The topological polar surface area (TPSA) is 87.7 Å². The van der Waals surface area contributed by atoms with Crippen LogP contribution in [0.4, 0.5) is 11.4 Å². The summed E-state index contributed by atoms with van der Waals surface area (Å²) in [5.41, 5.74) is 4.33. The number of aromatic nitrogens is 2. The first-order valence-electron chi connectivity index (χ1n) is 12.2. The number of amides is 2. The number of nitrogens with one attached hydrogen (secondary N) is 1. The van der Waals surface area contributed by atoms with Crippen molar-refractivity contribution < 1.29 is 14.3 Å². The highest BCUT2D eigenvalue weighted by Crippen LogP contribution is 2.21. The van der Waals surface area contributed by atoms with E-state index in [1.165, 1.54) is 11.8 Å². The number of hydrogen-bond acceptors (Lipinski definition) is 7. The number of benzene rings is 2. The molecule has 0 saturated heterocycles. The first kappa shape index (κ1) is 28.0.